The van der Waals surface area contributed by atoms with Crippen LogP contribution in [0.3, 0.4) is 0 Å². The van der Waals surface area contributed by atoms with Gasteiger partial charge >= 0.3 is 0 Å². The SMILES string of the molecule is Cc1ccc(C)c(-c2cc3c4nnc(SCC(=O)Nc5cc(Cl)ccc5C)n4ccn3n2)c1. The van der Waals surface area contributed by atoms with Crippen LogP contribution in [0.15, 0.2) is 60.0 Å². The number of anilines is 1. The van der Waals surface area contributed by atoms with Gasteiger partial charge in [0, 0.05) is 28.7 Å². The summed E-state index contributed by atoms with van der Waals surface area (Å²) in [6.07, 6.45) is 3.74. The van der Waals surface area contributed by atoms with Crippen molar-refractivity contribution in [3.63, 3.8) is 0 Å². The molecule has 9 heteroatoms. The minimum atomic E-state index is -0.134. The van der Waals surface area contributed by atoms with Crippen LogP contribution in [-0.2, 0) is 4.79 Å². The van der Waals surface area contributed by atoms with Crippen molar-refractivity contribution >= 4 is 46.1 Å². The maximum Gasteiger partial charge on any atom is 0.234 e. The van der Waals surface area contributed by atoms with Gasteiger partial charge in [-0.25, -0.2) is 4.52 Å². The number of rotatable bonds is 5. The number of amides is 1. The molecule has 0 aliphatic heterocycles. The predicted octanol–water partition coefficient (Wildman–Crippen LogP) is 5.35. The molecule has 0 saturated heterocycles. The van der Waals surface area contributed by atoms with Crippen LogP contribution in [-0.4, -0.2) is 35.9 Å². The highest BCUT2D eigenvalue weighted by atomic mass is 35.5. The van der Waals surface area contributed by atoms with Crippen molar-refractivity contribution < 1.29 is 4.79 Å². The molecular formula is C24H21ClN6OS. The number of halogens is 1. The van der Waals surface area contributed by atoms with Gasteiger partial charge in [-0.1, -0.05) is 47.1 Å². The van der Waals surface area contributed by atoms with Gasteiger partial charge in [0.2, 0.25) is 5.91 Å². The van der Waals surface area contributed by atoms with Crippen LogP contribution in [0, 0.1) is 20.8 Å². The molecule has 0 bridgehead atoms. The van der Waals surface area contributed by atoms with Gasteiger partial charge in [-0.15, -0.1) is 10.2 Å². The number of carbonyl (C=O) groups is 1. The predicted molar refractivity (Wildman–Crippen MR) is 132 cm³/mol. The second kappa shape index (κ2) is 8.53. The first kappa shape index (κ1) is 21.5. The fourth-order valence-electron chi connectivity index (χ4n) is 3.68. The average molecular weight is 477 g/mol. The summed E-state index contributed by atoms with van der Waals surface area (Å²) >= 11 is 7.37. The molecule has 3 heterocycles. The second-order valence-corrected chi connectivity index (χ2v) is 9.33. The van der Waals surface area contributed by atoms with Gasteiger partial charge in [0.15, 0.2) is 10.8 Å². The molecule has 2 aromatic carbocycles. The lowest BCUT2D eigenvalue weighted by Crippen LogP contribution is -2.15. The number of nitrogens with one attached hydrogen (secondary N) is 1. The number of hydrogen-bond acceptors (Lipinski definition) is 5. The van der Waals surface area contributed by atoms with Gasteiger partial charge in [-0.2, -0.15) is 5.10 Å². The van der Waals surface area contributed by atoms with Crippen molar-refractivity contribution in [1.82, 2.24) is 24.2 Å². The monoisotopic (exact) mass is 476 g/mol. The number of hydrogen-bond donors (Lipinski definition) is 1. The van der Waals surface area contributed by atoms with Crippen LogP contribution in [0.4, 0.5) is 5.69 Å². The van der Waals surface area contributed by atoms with Crippen LogP contribution in [0.5, 0.6) is 0 Å². The van der Waals surface area contributed by atoms with Gasteiger partial charge in [0.25, 0.3) is 0 Å². The summed E-state index contributed by atoms with van der Waals surface area (Å²) in [6, 6.07) is 13.8. The molecule has 0 spiro atoms. The van der Waals surface area contributed by atoms with Crippen molar-refractivity contribution in [2.75, 3.05) is 11.1 Å². The van der Waals surface area contributed by atoms with Crippen molar-refractivity contribution in [1.29, 1.82) is 0 Å². The lowest BCUT2D eigenvalue weighted by molar-refractivity contribution is -0.113. The number of aryl methyl sites for hydroxylation is 3. The quantitative estimate of drug-likeness (QED) is 0.346. The Morgan fingerprint density at radius 2 is 1.85 bits per heavy atom. The Balaban J connectivity index is 1.39. The van der Waals surface area contributed by atoms with E-state index in [9.17, 15) is 4.79 Å². The van der Waals surface area contributed by atoms with Crippen molar-refractivity contribution in [3.8, 4) is 11.3 Å². The number of fused-ring (bicyclic) bond motifs is 3. The van der Waals surface area contributed by atoms with Gasteiger partial charge < -0.3 is 5.32 Å². The van der Waals surface area contributed by atoms with E-state index in [1.165, 1.54) is 22.9 Å². The van der Waals surface area contributed by atoms with E-state index in [-0.39, 0.29) is 11.7 Å². The molecule has 0 saturated carbocycles. The molecule has 0 radical (unpaired) electrons. The van der Waals surface area contributed by atoms with E-state index in [0.29, 0.717) is 21.5 Å². The molecule has 3 aromatic heterocycles. The van der Waals surface area contributed by atoms with Gasteiger partial charge in [0.1, 0.15) is 5.52 Å². The van der Waals surface area contributed by atoms with Crippen LogP contribution in [0.25, 0.3) is 22.4 Å². The smallest absolute Gasteiger partial charge is 0.234 e. The maximum atomic E-state index is 12.5. The zero-order valence-corrected chi connectivity index (χ0v) is 19.9. The Hall–Kier alpha value is -3.36. The summed E-state index contributed by atoms with van der Waals surface area (Å²) in [5, 5.41) is 17.5. The maximum absolute atomic E-state index is 12.5. The Morgan fingerprint density at radius 1 is 1.03 bits per heavy atom. The molecule has 33 heavy (non-hydrogen) atoms. The van der Waals surface area contributed by atoms with Crippen LogP contribution < -0.4 is 5.32 Å². The summed E-state index contributed by atoms with van der Waals surface area (Å²) in [5.41, 5.74) is 7.54. The molecule has 5 aromatic rings. The normalized spacial score (nSPS) is 11.4. The summed E-state index contributed by atoms with van der Waals surface area (Å²) in [7, 11) is 0. The molecule has 5 rings (SSSR count). The van der Waals surface area contributed by atoms with E-state index in [2.05, 4.69) is 47.6 Å². The van der Waals surface area contributed by atoms with E-state index in [1.54, 1.807) is 12.1 Å². The molecule has 7 nitrogen and oxygen atoms in total. The van der Waals surface area contributed by atoms with Crippen LogP contribution in [0.1, 0.15) is 16.7 Å². The minimum Gasteiger partial charge on any atom is -0.325 e. The van der Waals surface area contributed by atoms with E-state index >= 15 is 0 Å². The first-order chi connectivity index (χ1) is 15.9. The fourth-order valence-corrected chi connectivity index (χ4v) is 4.57. The number of carbonyl (C=O) groups excluding carboxylic acids is 1. The standard InChI is InChI=1S/C24H21ClN6OS/c1-14-4-5-15(2)18(10-14)20-12-21-23-27-28-24(30(23)8-9-31(21)29-20)33-13-22(32)26-19-11-17(25)7-6-16(19)3/h4-12H,13H2,1-3H3,(H,26,32). The molecule has 0 atom stereocenters. The van der Waals surface area contributed by atoms with E-state index in [1.807, 2.05) is 40.4 Å². The number of aromatic nitrogens is 5. The number of nitrogens with zero attached hydrogens (tertiary/aromatic N) is 5. The number of thioether (sulfide) groups is 1. The Labute approximate surface area is 199 Å². The third-order valence-electron chi connectivity index (χ3n) is 5.46. The third-order valence-corrected chi connectivity index (χ3v) is 6.64. The van der Waals surface area contributed by atoms with Crippen LogP contribution in [0.2, 0.25) is 5.02 Å². The molecule has 0 aliphatic carbocycles. The number of benzene rings is 2. The van der Waals surface area contributed by atoms with Crippen molar-refractivity contribution in [2.24, 2.45) is 0 Å². The van der Waals surface area contributed by atoms with Gasteiger partial charge in [0.05, 0.1) is 11.4 Å². The first-order valence-corrected chi connectivity index (χ1v) is 11.7. The summed E-state index contributed by atoms with van der Waals surface area (Å²) < 4.78 is 3.69. The molecular weight excluding hydrogens is 456 g/mol. The second-order valence-electron chi connectivity index (χ2n) is 7.95. The molecule has 1 N–H and O–H groups in total. The highest BCUT2D eigenvalue weighted by Gasteiger charge is 2.15. The largest absolute Gasteiger partial charge is 0.325 e. The third kappa shape index (κ3) is 4.19. The average Bonchev–Trinajstić information content (AvgIpc) is 3.40. The Kier molecular flexibility index (Phi) is 5.55. The topological polar surface area (TPSA) is 76.6 Å². The van der Waals surface area contributed by atoms with Gasteiger partial charge in [-0.3, -0.25) is 9.20 Å². The van der Waals surface area contributed by atoms with E-state index < -0.39 is 0 Å². The Bertz CT molecular complexity index is 1520. The van der Waals surface area contributed by atoms with E-state index in [4.69, 9.17) is 16.7 Å². The zero-order chi connectivity index (χ0) is 23.1. The minimum absolute atomic E-state index is 0.134. The first-order valence-electron chi connectivity index (χ1n) is 10.4. The summed E-state index contributed by atoms with van der Waals surface area (Å²) in [5.74, 6) is 0.0648. The van der Waals surface area contributed by atoms with Crippen LogP contribution >= 0.6 is 23.4 Å². The van der Waals surface area contributed by atoms with Gasteiger partial charge in [-0.05, 0) is 56.2 Å². The molecule has 166 valence electrons. The molecule has 0 unspecified atom stereocenters. The summed E-state index contributed by atoms with van der Waals surface area (Å²) in [6.45, 7) is 6.08. The fraction of sp³-hybridized carbons (Fsp3) is 0.167. The zero-order valence-electron chi connectivity index (χ0n) is 18.3. The molecule has 0 fully saturated rings. The van der Waals surface area contributed by atoms with E-state index in [0.717, 1.165) is 22.3 Å². The highest BCUT2D eigenvalue weighted by Crippen LogP contribution is 2.27. The lowest BCUT2D eigenvalue weighted by Gasteiger charge is -2.08. The van der Waals surface area contributed by atoms with Crippen molar-refractivity contribution in [2.45, 2.75) is 25.9 Å². The Morgan fingerprint density at radius 3 is 2.70 bits per heavy atom. The molecule has 0 aliphatic rings. The lowest BCUT2D eigenvalue weighted by atomic mass is 10.0. The molecule has 1 amide bonds. The highest BCUT2D eigenvalue weighted by molar-refractivity contribution is 7.99. The summed E-state index contributed by atoms with van der Waals surface area (Å²) in [4.78, 5) is 12.5. The van der Waals surface area contributed by atoms with Crippen molar-refractivity contribution in [3.05, 3.63) is 76.6 Å².